The average Bonchev–Trinajstić information content (AvgIpc) is 2.73. The van der Waals surface area contributed by atoms with E-state index in [1.807, 2.05) is 48.5 Å². The molecule has 3 rings (SSSR count). The molecule has 6 nitrogen and oxygen atoms in total. The van der Waals surface area contributed by atoms with E-state index in [0.717, 1.165) is 17.0 Å². The minimum absolute atomic E-state index is 0.280. The lowest BCUT2D eigenvalue weighted by Gasteiger charge is -2.09. The van der Waals surface area contributed by atoms with Gasteiger partial charge in [-0.15, -0.1) is 6.58 Å². The number of carbonyl (C=O) groups excluding carboxylic acids is 1. The molecule has 0 saturated heterocycles. The molecule has 142 valence electrons. The standard InChI is InChI=1S/C21H19ClN4O2/c1-2-12-23-20(27)19-11-13-24-21(26-19)25-17-7-9-18(10-8-17)28-14-15-3-5-16(22)6-4-15/h2-11,13H,1,12,14H2,(H,23,27)(H,24,25,26). The van der Waals surface area contributed by atoms with Gasteiger partial charge < -0.3 is 15.4 Å². The molecular weight excluding hydrogens is 376 g/mol. The van der Waals surface area contributed by atoms with Crippen LogP contribution in [-0.4, -0.2) is 22.4 Å². The van der Waals surface area contributed by atoms with Crippen LogP contribution in [0.5, 0.6) is 5.75 Å². The third kappa shape index (κ3) is 5.56. The van der Waals surface area contributed by atoms with E-state index >= 15 is 0 Å². The number of aromatic nitrogens is 2. The van der Waals surface area contributed by atoms with Crippen LogP contribution in [-0.2, 0) is 6.61 Å². The van der Waals surface area contributed by atoms with Crippen LogP contribution in [0, 0.1) is 0 Å². The first-order valence-corrected chi connectivity index (χ1v) is 8.98. The fraction of sp³-hybridized carbons (Fsp3) is 0.0952. The van der Waals surface area contributed by atoms with Crippen LogP contribution in [0.25, 0.3) is 0 Å². The molecule has 28 heavy (non-hydrogen) atoms. The molecule has 1 aromatic heterocycles. The lowest BCUT2D eigenvalue weighted by atomic mass is 10.2. The quantitative estimate of drug-likeness (QED) is 0.555. The molecule has 2 N–H and O–H groups in total. The van der Waals surface area contributed by atoms with Crippen LogP contribution < -0.4 is 15.4 Å². The Balaban J connectivity index is 1.58. The van der Waals surface area contributed by atoms with Crippen LogP contribution in [0.3, 0.4) is 0 Å². The van der Waals surface area contributed by atoms with E-state index in [2.05, 4.69) is 27.2 Å². The van der Waals surface area contributed by atoms with E-state index in [1.54, 1.807) is 12.1 Å². The summed E-state index contributed by atoms with van der Waals surface area (Å²) in [5.74, 6) is 0.788. The lowest BCUT2D eigenvalue weighted by Crippen LogP contribution is -2.24. The first-order chi connectivity index (χ1) is 13.6. The molecule has 0 spiro atoms. The topological polar surface area (TPSA) is 76.1 Å². The Kier molecular flexibility index (Phi) is 6.59. The van der Waals surface area contributed by atoms with Crippen molar-refractivity contribution < 1.29 is 9.53 Å². The summed E-state index contributed by atoms with van der Waals surface area (Å²) in [5, 5.41) is 6.45. The number of nitrogens with one attached hydrogen (secondary N) is 2. The Morgan fingerprint density at radius 1 is 1.11 bits per heavy atom. The third-order valence-corrected chi connectivity index (χ3v) is 3.98. The Morgan fingerprint density at radius 3 is 2.57 bits per heavy atom. The summed E-state index contributed by atoms with van der Waals surface area (Å²) >= 11 is 5.88. The van der Waals surface area contributed by atoms with Gasteiger partial charge in [0.2, 0.25) is 5.95 Å². The number of hydrogen-bond donors (Lipinski definition) is 2. The number of anilines is 2. The van der Waals surface area contributed by atoms with Crippen LogP contribution in [0.4, 0.5) is 11.6 Å². The van der Waals surface area contributed by atoms with Crippen molar-refractivity contribution >= 4 is 29.1 Å². The van der Waals surface area contributed by atoms with Crippen LogP contribution in [0.1, 0.15) is 16.1 Å². The zero-order valence-electron chi connectivity index (χ0n) is 15.1. The molecule has 0 radical (unpaired) electrons. The van der Waals surface area contributed by atoms with Gasteiger partial charge in [-0.3, -0.25) is 4.79 Å². The number of amides is 1. The lowest BCUT2D eigenvalue weighted by molar-refractivity contribution is 0.0953. The molecule has 2 aromatic carbocycles. The summed E-state index contributed by atoms with van der Waals surface area (Å²) in [7, 11) is 0. The van der Waals surface area contributed by atoms with Crippen LogP contribution in [0.2, 0.25) is 5.02 Å². The predicted molar refractivity (Wildman–Crippen MR) is 110 cm³/mol. The number of halogens is 1. The van der Waals surface area contributed by atoms with Gasteiger partial charge in [0.25, 0.3) is 5.91 Å². The third-order valence-electron chi connectivity index (χ3n) is 3.72. The molecule has 0 aliphatic rings. The van der Waals surface area contributed by atoms with Crippen molar-refractivity contribution in [1.82, 2.24) is 15.3 Å². The minimum atomic E-state index is -0.281. The minimum Gasteiger partial charge on any atom is -0.489 e. The summed E-state index contributed by atoms with van der Waals surface area (Å²) in [6.45, 7) is 4.40. The molecule has 0 aliphatic carbocycles. The number of benzene rings is 2. The second kappa shape index (κ2) is 9.53. The molecule has 0 saturated carbocycles. The van der Waals surface area contributed by atoms with Gasteiger partial charge in [0.15, 0.2) is 0 Å². The summed E-state index contributed by atoms with van der Waals surface area (Å²) in [6, 6.07) is 16.5. The Hall–Kier alpha value is -3.38. The van der Waals surface area contributed by atoms with E-state index in [1.165, 1.54) is 6.20 Å². The highest BCUT2D eigenvalue weighted by Crippen LogP contribution is 2.19. The fourth-order valence-corrected chi connectivity index (χ4v) is 2.44. The second-order valence-corrected chi connectivity index (χ2v) is 6.27. The number of ether oxygens (including phenoxy) is 1. The molecule has 1 heterocycles. The van der Waals surface area contributed by atoms with Crippen molar-refractivity contribution in [2.24, 2.45) is 0 Å². The van der Waals surface area contributed by atoms with E-state index in [9.17, 15) is 4.79 Å². The Morgan fingerprint density at radius 2 is 1.86 bits per heavy atom. The molecule has 0 unspecified atom stereocenters. The van der Waals surface area contributed by atoms with Gasteiger partial charge in [-0.2, -0.15) is 0 Å². The van der Waals surface area contributed by atoms with Crippen molar-refractivity contribution in [3.8, 4) is 5.75 Å². The maximum atomic E-state index is 12.0. The first kappa shape index (κ1) is 19.4. The van der Waals surface area contributed by atoms with Crippen molar-refractivity contribution in [3.63, 3.8) is 0 Å². The number of carbonyl (C=O) groups is 1. The summed E-state index contributed by atoms with van der Waals surface area (Å²) < 4.78 is 5.76. The molecule has 1 amide bonds. The maximum Gasteiger partial charge on any atom is 0.270 e. The number of rotatable bonds is 8. The van der Waals surface area contributed by atoms with Gasteiger partial charge in [-0.25, -0.2) is 9.97 Å². The van der Waals surface area contributed by atoms with Crippen molar-refractivity contribution in [2.45, 2.75) is 6.61 Å². The van der Waals surface area contributed by atoms with Crippen molar-refractivity contribution in [3.05, 3.63) is 89.7 Å². The van der Waals surface area contributed by atoms with E-state index < -0.39 is 0 Å². The zero-order valence-corrected chi connectivity index (χ0v) is 15.8. The number of nitrogens with zero attached hydrogens (tertiary/aromatic N) is 2. The molecular formula is C21H19ClN4O2. The van der Waals surface area contributed by atoms with Crippen LogP contribution >= 0.6 is 11.6 Å². The summed E-state index contributed by atoms with van der Waals surface area (Å²) in [6.07, 6.45) is 3.14. The largest absolute Gasteiger partial charge is 0.489 e. The Labute approximate surface area is 168 Å². The molecule has 7 heteroatoms. The summed E-state index contributed by atoms with van der Waals surface area (Å²) in [4.78, 5) is 20.3. The zero-order chi connectivity index (χ0) is 19.8. The highest BCUT2D eigenvalue weighted by atomic mass is 35.5. The van der Waals surface area contributed by atoms with Gasteiger partial charge in [0.05, 0.1) is 0 Å². The average molecular weight is 395 g/mol. The monoisotopic (exact) mass is 394 g/mol. The fourth-order valence-electron chi connectivity index (χ4n) is 2.31. The molecule has 3 aromatic rings. The van der Waals surface area contributed by atoms with Gasteiger partial charge >= 0.3 is 0 Å². The predicted octanol–water partition coefficient (Wildman–Crippen LogP) is 4.37. The van der Waals surface area contributed by atoms with Crippen LogP contribution in [0.15, 0.2) is 73.4 Å². The van der Waals surface area contributed by atoms with E-state index in [4.69, 9.17) is 16.3 Å². The normalized spacial score (nSPS) is 10.2. The van der Waals surface area contributed by atoms with Gasteiger partial charge in [0.1, 0.15) is 18.1 Å². The Bertz CT molecular complexity index is 943. The smallest absolute Gasteiger partial charge is 0.270 e. The highest BCUT2D eigenvalue weighted by molar-refractivity contribution is 6.30. The highest BCUT2D eigenvalue weighted by Gasteiger charge is 2.08. The molecule has 0 aliphatic heterocycles. The number of hydrogen-bond acceptors (Lipinski definition) is 5. The molecule has 0 bridgehead atoms. The molecule has 0 fully saturated rings. The SMILES string of the molecule is C=CCNC(=O)c1ccnc(Nc2ccc(OCc3ccc(Cl)cc3)cc2)n1. The van der Waals surface area contributed by atoms with Crippen molar-refractivity contribution in [2.75, 3.05) is 11.9 Å². The maximum absolute atomic E-state index is 12.0. The van der Waals surface area contributed by atoms with E-state index in [0.29, 0.717) is 24.1 Å². The second-order valence-electron chi connectivity index (χ2n) is 5.83. The van der Waals surface area contributed by atoms with Gasteiger partial charge in [-0.05, 0) is 48.0 Å². The van der Waals surface area contributed by atoms with Gasteiger partial charge in [0, 0.05) is 23.5 Å². The van der Waals surface area contributed by atoms with Gasteiger partial charge in [-0.1, -0.05) is 29.8 Å². The van der Waals surface area contributed by atoms with Crippen molar-refractivity contribution in [1.29, 1.82) is 0 Å². The van der Waals surface area contributed by atoms with E-state index in [-0.39, 0.29) is 11.6 Å². The summed E-state index contributed by atoms with van der Waals surface area (Å²) in [5.41, 5.74) is 2.09. The first-order valence-electron chi connectivity index (χ1n) is 8.60. The molecule has 0 atom stereocenters.